The Bertz CT molecular complexity index is 438. The molecular weight excluding hydrogens is 245 g/mol. The van der Waals surface area contributed by atoms with Crippen LogP contribution in [0.1, 0.15) is 26.2 Å². The van der Waals surface area contributed by atoms with Gasteiger partial charge >= 0.3 is 6.03 Å². The van der Waals surface area contributed by atoms with E-state index in [0.717, 1.165) is 6.42 Å². The summed E-state index contributed by atoms with van der Waals surface area (Å²) in [6.45, 7) is 2.74. The van der Waals surface area contributed by atoms with E-state index in [1.807, 2.05) is 0 Å². The first-order valence-electron chi connectivity index (χ1n) is 6.70. The zero-order valence-electron chi connectivity index (χ0n) is 11.1. The van der Waals surface area contributed by atoms with Gasteiger partial charge < -0.3 is 16.0 Å². The Morgan fingerprint density at radius 2 is 2.32 bits per heavy atom. The molecule has 1 aliphatic heterocycles. The molecule has 2 unspecified atom stereocenters. The molecule has 0 aliphatic carbocycles. The number of piperidine rings is 1. The lowest BCUT2D eigenvalue weighted by Crippen LogP contribution is -2.47. The summed E-state index contributed by atoms with van der Waals surface area (Å²) in [5.41, 5.74) is 0.461. The third-order valence-electron chi connectivity index (χ3n) is 3.30. The summed E-state index contributed by atoms with van der Waals surface area (Å²) in [7, 11) is 0. The van der Waals surface area contributed by atoms with Crippen LogP contribution >= 0.6 is 0 Å². The van der Waals surface area contributed by atoms with Gasteiger partial charge in [0.25, 0.3) is 0 Å². The van der Waals surface area contributed by atoms with Crippen LogP contribution in [0.2, 0.25) is 0 Å². The van der Waals surface area contributed by atoms with Gasteiger partial charge in [-0.25, -0.2) is 9.18 Å². The molecule has 1 heterocycles. The second-order valence-electron chi connectivity index (χ2n) is 5.04. The molecule has 2 rings (SSSR count). The lowest BCUT2D eigenvalue weighted by Gasteiger charge is -2.28. The molecule has 1 saturated heterocycles. The molecule has 104 valence electrons. The first kappa shape index (κ1) is 13.8. The van der Waals surface area contributed by atoms with Crippen LogP contribution < -0.4 is 16.0 Å². The lowest BCUT2D eigenvalue weighted by atomic mass is 10.00. The maximum Gasteiger partial charge on any atom is 0.319 e. The third-order valence-corrected chi connectivity index (χ3v) is 3.30. The monoisotopic (exact) mass is 265 g/mol. The van der Waals surface area contributed by atoms with Crippen LogP contribution in [0.3, 0.4) is 0 Å². The maximum atomic E-state index is 13.0. The topological polar surface area (TPSA) is 53.2 Å². The zero-order valence-corrected chi connectivity index (χ0v) is 11.1. The molecule has 2 amide bonds. The smallest absolute Gasteiger partial charge is 0.319 e. The van der Waals surface area contributed by atoms with Gasteiger partial charge in [0.05, 0.1) is 0 Å². The predicted octanol–water partition coefficient (Wildman–Crippen LogP) is 2.48. The molecule has 0 saturated carbocycles. The minimum atomic E-state index is -0.361. The molecule has 1 fully saturated rings. The zero-order chi connectivity index (χ0) is 13.7. The van der Waals surface area contributed by atoms with Crippen molar-refractivity contribution in [3.05, 3.63) is 30.1 Å². The van der Waals surface area contributed by atoms with Crippen molar-refractivity contribution in [2.75, 3.05) is 11.9 Å². The first-order chi connectivity index (χ1) is 9.13. The molecule has 2 atom stereocenters. The first-order valence-corrected chi connectivity index (χ1v) is 6.70. The Hall–Kier alpha value is -1.62. The molecule has 0 aromatic heterocycles. The molecule has 5 heteroatoms. The number of benzene rings is 1. The van der Waals surface area contributed by atoms with Crippen molar-refractivity contribution in [2.24, 2.45) is 0 Å². The van der Waals surface area contributed by atoms with Crippen molar-refractivity contribution in [3.63, 3.8) is 0 Å². The Morgan fingerprint density at radius 3 is 3.05 bits per heavy atom. The molecule has 1 aromatic rings. The van der Waals surface area contributed by atoms with E-state index in [4.69, 9.17) is 0 Å². The number of carbonyl (C=O) groups excluding carboxylic acids is 1. The van der Waals surface area contributed by atoms with Gasteiger partial charge in [-0.2, -0.15) is 0 Å². The largest absolute Gasteiger partial charge is 0.336 e. The Morgan fingerprint density at radius 1 is 1.47 bits per heavy atom. The van der Waals surface area contributed by atoms with Crippen molar-refractivity contribution in [1.29, 1.82) is 0 Å². The lowest BCUT2D eigenvalue weighted by molar-refractivity contribution is 0.248. The molecule has 3 N–H and O–H groups in total. The van der Waals surface area contributed by atoms with Gasteiger partial charge in [0, 0.05) is 24.3 Å². The highest BCUT2D eigenvalue weighted by Gasteiger charge is 2.17. The average molecular weight is 265 g/mol. The van der Waals surface area contributed by atoms with Crippen molar-refractivity contribution in [2.45, 2.75) is 38.3 Å². The standard InChI is InChI=1S/C14H20FN3O/c1-10-4-2-7-13(17-10)9-16-14(19)18-12-6-3-5-11(15)8-12/h3,5-6,8,10,13,17H,2,4,7,9H2,1H3,(H2,16,18,19). The minimum absolute atomic E-state index is 0.300. The van der Waals surface area contributed by atoms with Gasteiger partial charge in [0.1, 0.15) is 5.82 Å². The molecule has 0 spiro atoms. The fourth-order valence-corrected chi connectivity index (χ4v) is 2.36. The van der Waals surface area contributed by atoms with E-state index in [-0.39, 0.29) is 11.8 Å². The highest BCUT2D eigenvalue weighted by Crippen LogP contribution is 2.12. The van der Waals surface area contributed by atoms with E-state index in [1.54, 1.807) is 12.1 Å². The summed E-state index contributed by atoms with van der Waals surface area (Å²) in [4.78, 5) is 11.7. The Kier molecular flexibility index (Phi) is 4.74. The van der Waals surface area contributed by atoms with Gasteiger partial charge in [-0.3, -0.25) is 0 Å². The highest BCUT2D eigenvalue weighted by molar-refractivity contribution is 5.89. The summed E-state index contributed by atoms with van der Waals surface area (Å²) in [5, 5.41) is 8.86. The predicted molar refractivity (Wildman–Crippen MR) is 73.7 cm³/mol. The maximum absolute atomic E-state index is 13.0. The summed E-state index contributed by atoms with van der Waals surface area (Å²) >= 11 is 0. The fraction of sp³-hybridized carbons (Fsp3) is 0.500. The number of urea groups is 1. The normalized spacial score (nSPS) is 22.8. The second-order valence-corrected chi connectivity index (χ2v) is 5.04. The van der Waals surface area contributed by atoms with E-state index in [2.05, 4.69) is 22.9 Å². The highest BCUT2D eigenvalue weighted by atomic mass is 19.1. The van der Waals surface area contributed by atoms with Crippen molar-refractivity contribution in [3.8, 4) is 0 Å². The molecule has 0 radical (unpaired) electrons. The number of rotatable bonds is 3. The van der Waals surface area contributed by atoms with Crippen molar-refractivity contribution < 1.29 is 9.18 Å². The number of anilines is 1. The van der Waals surface area contributed by atoms with Gasteiger partial charge in [-0.1, -0.05) is 12.5 Å². The molecular formula is C14H20FN3O. The molecule has 1 aromatic carbocycles. The molecule has 1 aliphatic rings. The molecule has 19 heavy (non-hydrogen) atoms. The molecule has 0 bridgehead atoms. The van der Waals surface area contributed by atoms with Crippen molar-refractivity contribution in [1.82, 2.24) is 10.6 Å². The quantitative estimate of drug-likeness (QED) is 0.786. The molecule has 4 nitrogen and oxygen atoms in total. The van der Waals surface area contributed by atoms with Crippen LogP contribution in [0.25, 0.3) is 0 Å². The fourth-order valence-electron chi connectivity index (χ4n) is 2.36. The number of hydrogen-bond acceptors (Lipinski definition) is 2. The summed E-state index contributed by atoms with van der Waals surface area (Å²) in [5.74, 6) is -0.361. The number of amides is 2. The van der Waals surface area contributed by atoms with E-state index < -0.39 is 0 Å². The Labute approximate surface area is 112 Å². The summed E-state index contributed by atoms with van der Waals surface area (Å²) in [6, 6.07) is 6.38. The van der Waals surface area contributed by atoms with E-state index in [0.29, 0.717) is 24.3 Å². The van der Waals surface area contributed by atoms with E-state index in [1.165, 1.54) is 25.0 Å². The summed E-state index contributed by atoms with van der Waals surface area (Å²) < 4.78 is 13.0. The van der Waals surface area contributed by atoms with Gasteiger partial charge in [0.2, 0.25) is 0 Å². The van der Waals surface area contributed by atoms with Crippen LogP contribution in [0.5, 0.6) is 0 Å². The van der Waals surface area contributed by atoms with Crippen LogP contribution in [-0.2, 0) is 0 Å². The minimum Gasteiger partial charge on any atom is -0.336 e. The SMILES string of the molecule is CC1CCCC(CNC(=O)Nc2cccc(F)c2)N1. The van der Waals surface area contributed by atoms with Gasteiger partial charge in [-0.05, 0) is 38.0 Å². The van der Waals surface area contributed by atoms with Crippen LogP contribution in [0.15, 0.2) is 24.3 Å². The van der Waals surface area contributed by atoms with E-state index in [9.17, 15) is 9.18 Å². The van der Waals surface area contributed by atoms with Crippen LogP contribution in [-0.4, -0.2) is 24.7 Å². The number of nitrogens with one attached hydrogen (secondary N) is 3. The Balaban J connectivity index is 1.75. The summed E-state index contributed by atoms with van der Waals surface area (Å²) in [6.07, 6.45) is 3.45. The van der Waals surface area contributed by atoms with Gasteiger partial charge in [-0.15, -0.1) is 0 Å². The second kappa shape index (κ2) is 6.52. The number of hydrogen-bond donors (Lipinski definition) is 3. The van der Waals surface area contributed by atoms with Crippen molar-refractivity contribution >= 4 is 11.7 Å². The van der Waals surface area contributed by atoms with Crippen LogP contribution in [0.4, 0.5) is 14.9 Å². The average Bonchev–Trinajstić information content (AvgIpc) is 2.36. The van der Waals surface area contributed by atoms with Crippen LogP contribution in [0, 0.1) is 5.82 Å². The van der Waals surface area contributed by atoms with E-state index >= 15 is 0 Å². The van der Waals surface area contributed by atoms with Gasteiger partial charge in [0.15, 0.2) is 0 Å². The number of halogens is 1. The third kappa shape index (κ3) is 4.52. The number of carbonyl (C=O) groups is 1.